The highest BCUT2D eigenvalue weighted by atomic mass is 35.5. The van der Waals surface area contributed by atoms with E-state index in [-0.39, 0.29) is 36.8 Å². The maximum Gasteiger partial charge on any atom is 0.242 e. The number of nitrogens with zero attached hydrogens (tertiary/aromatic N) is 2. The van der Waals surface area contributed by atoms with Gasteiger partial charge in [0, 0.05) is 18.3 Å². The number of hydrogen-bond donors (Lipinski definition) is 2. The van der Waals surface area contributed by atoms with E-state index in [9.17, 15) is 4.79 Å². The van der Waals surface area contributed by atoms with Gasteiger partial charge in [-0.3, -0.25) is 9.48 Å². The molecule has 0 aromatic carbocycles. The van der Waals surface area contributed by atoms with Gasteiger partial charge in [-0.25, -0.2) is 0 Å². The molecule has 7 heteroatoms. The van der Waals surface area contributed by atoms with Crippen LogP contribution in [0.4, 0.5) is 0 Å². The fraction of sp³-hybridized carbons (Fsp3) is 0.667. The summed E-state index contributed by atoms with van der Waals surface area (Å²) in [5, 5.41) is 10.6. The molecule has 0 saturated carbocycles. The smallest absolute Gasteiger partial charge is 0.242 e. The molecule has 0 spiro atoms. The first-order chi connectivity index (χ1) is 8.15. The Hall–Kier alpha value is -0.780. The first-order valence-corrected chi connectivity index (χ1v) is 6.16. The van der Waals surface area contributed by atoms with Gasteiger partial charge in [-0.2, -0.15) is 5.10 Å². The van der Waals surface area contributed by atoms with Gasteiger partial charge in [-0.1, -0.05) is 0 Å². The lowest BCUT2D eigenvalue weighted by Gasteiger charge is -2.23. The van der Waals surface area contributed by atoms with E-state index >= 15 is 0 Å². The Kier molecular flexibility index (Phi) is 8.06. The standard InChI is InChI=1S/C12H20N4O.2ClH/c1-9-6-10(2)16(15-9)8-12(17)14-11-4-3-5-13-7-11;;/h6,11,13H,3-5,7-8H2,1-2H3,(H,14,17);2*1H/t11-;;/m0../s1. The highest BCUT2D eigenvalue weighted by Crippen LogP contribution is 2.03. The van der Waals surface area contributed by atoms with Gasteiger partial charge in [0.1, 0.15) is 6.54 Å². The summed E-state index contributed by atoms with van der Waals surface area (Å²) in [6, 6.07) is 2.25. The summed E-state index contributed by atoms with van der Waals surface area (Å²) in [6.45, 7) is 6.16. The number of nitrogens with one attached hydrogen (secondary N) is 2. The van der Waals surface area contributed by atoms with Crippen molar-refractivity contribution in [3.05, 3.63) is 17.5 Å². The molecule has 1 aliphatic heterocycles. The minimum Gasteiger partial charge on any atom is -0.350 e. The Labute approximate surface area is 126 Å². The van der Waals surface area contributed by atoms with Crippen LogP contribution in [0.1, 0.15) is 24.2 Å². The van der Waals surface area contributed by atoms with Crippen LogP contribution in [0, 0.1) is 13.8 Å². The molecule has 2 heterocycles. The number of aromatic nitrogens is 2. The van der Waals surface area contributed by atoms with Crippen LogP contribution >= 0.6 is 24.8 Å². The lowest BCUT2D eigenvalue weighted by atomic mass is 10.1. The Bertz CT molecular complexity index is 402. The molecule has 1 fully saturated rings. The molecule has 0 unspecified atom stereocenters. The van der Waals surface area contributed by atoms with Crippen molar-refractivity contribution in [3.63, 3.8) is 0 Å². The molecule has 2 N–H and O–H groups in total. The van der Waals surface area contributed by atoms with Gasteiger partial charge in [0.2, 0.25) is 5.91 Å². The summed E-state index contributed by atoms with van der Waals surface area (Å²) in [4.78, 5) is 11.8. The predicted octanol–water partition coefficient (Wildman–Crippen LogP) is 1.21. The van der Waals surface area contributed by atoms with Crippen molar-refractivity contribution in [2.24, 2.45) is 0 Å². The molecule has 2 rings (SSSR count). The molecule has 1 aliphatic rings. The molecule has 1 saturated heterocycles. The zero-order valence-electron chi connectivity index (χ0n) is 11.3. The van der Waals surface area contributed by atoms with E-state index in [4.69, 9.17) is 0 Å². The van der Waals surface area contributed by atoms with Gasteiger partial charge < -0.3 is 10.6 Å². The lowest BCUT2D eigenvalue weighted by molar-refractivity contribution is -0.122. The van der Waals surface area contributed by atoms with Crippen LogP contribution < -0.4 is 10.6 Å². The summed E-state index contributed by atoms with van der Waals surface area (Å²) >= 11 is 0. The van der Waals surface area contributed by atoms with Crippen molar-refractivity contribution < 1.29 is 4.79 Å². The van der Waals surface area contributed by atoms with E-state index < -0.39 is 0 Å². The number of carbonyl (C=O) groups is 1. The molecule has 0 aliphatic carbocycles. The molecule has 1 amide bonds. The minimum atomic E-state index is 0. The number of aryl methyl sites for hydroxylation is 2. The molecule has 1 aromatic heterocycles. The lowest BCUT2D eigenvalue weighted by Crippen LogP contribution is -2.46. The van der Waals surface area contributed by atoms with Gasteiger partial charge in [0.25, 0.3) is 0 Å². The first kappa shape index (κ1) is 18.2. The van der Waals surface area contributed by atoms with Gasteiger partial charge >= 0.3 is 0 Å². The average molecular weight is 309 g/mol. The van der Waals surface area contributed by atoms with E-state index in [1.165, 1.54) is 0 Å². The largest absolute Gasteiger partial charge is 0.350 e. The van der Waals surface area contributed by atoms with Gasteiger partial charge in [0.15, 0.2) is 0 Å². The zero-order chi connectivity index (χ0) is 12.3. The molecule has 5 nitrogen and oxygen atoms in total. The Balaban J connectivity index is 0.00000162. The zero-order valence-corrected chi connectivity index (χ0v) is 12.9. The van der Waals surface area contributed by atoms with E-state index in [2.05, 4.69) is 15.7 Å². The fourth-order valence-electron chi connectivity index (χ4n) is 2.22. The second-order valence-corrected chi connectivity index (χ2v) is 4.70. The summed E-state index contributed by atoms with van der Waals surface area (Å²) < 4.78 is 1.75. The molecule has 1 atom stereocenters. The molecular formula is C12H22Cl2N4O. The van der Waals surface area contributed by atoms with Gasteiger partial charge in [0.05, 0.1) is 5.69 Å². The van der Waals surface area contributed by atoms with E-state index in [0.717, 1.165) is 37.3 Å². The van der Waals surface area contributed by atoms with Crippen molar-refractivity contribution >= 4 is 30.7 Å². The van der Waals surface area contributed by atoms with Crippen molar-refractivity contribution in [2.45, 2.75) is 39.3 Å². The normalized spacial score (nSPS) is 18.1. The van der Waals surface area contributed by atoms with Crippen molar-refractivity contribution in [1.82, 2.24) is 20.4 Å². The van der Waals surface area contributed by atoms with Crippen LogP contribution in [0.2, 0.25) is 0 Å². The molecular weight excluding hydrogens is 287 g/mol. The fourth-order valence-corrected chi connectivity index (χ4v) is 2.22. The number of amides is 1. The highest BCUT2D eigenvalue weighted by Gasteiger charge is 2.15. The molecule has 0 bridgehead atoms. The number of rotatable bonds is 3. The van der Waals surface area contributed by atoms with Crippen LogP contribution in [0.25, 0.3) is 0 Å². The van der Waals surface area contributed by atoms with Crippen LogP contribution in [0.5, 0.6) is 0 Å². The quantitative estimate of drug-likeness (QED) is 0.882. The van der Waals surface area contributed by atoms with Gasteiger partial charge in [-0.15, -0.1) is 24.8 Å². The summed E-state index contributed by atoms with van der Waals surface area (Å²) in [7, 11) is 0. The number of carbonyl (C=O) groups excluding carboxylic acids is 1. The van der Waals surface area contributed by atoms with Crippen molar-refractivity contribution in [3.8, 4) is 0 Å². The summed E-state index contributed by atoms with van der Waals surface area (Å²) in [5.74, 6) is 0.0462. The SMILES string of the molecule is Cc1cc(C)n(CC(=O)N[C@H]2CCCNC2)n1.Cl.Cl. The third-order valence-electron chi connectivity index (χ3n) is 3.06. The van der Waals surface area contributed by atoms with Crippen LogP contribution in [-0.4, -0.2) is 34.8 Å². The van der Waals surface area contributed by atoms with Crippen molar-refractivity contribution in [2.75, 3.05) is 13.1 Å². The van der Waals surface area contributed by atoms with Crippen molar-refractivity contribution in [1.29, 1.82) is 0 Å². The van der Waals surface area contributed by atoms with E-state index in [0.29, 0.717) is 6.54 Å². The third-order valence-corrected chi connectivity index (χ3v) is 3.06. The minimum absolute atomic E-state index is 0. The van der Waals surface area contributed by atoms with Crippen LogP contribution in [0.15, 0.2) is 6.07 Å². The van der Waals surface area contributed by atoms with E-state index in [1.54, 1.807) is 4.68 Å². The number of halogens is 2. The molecule has 19 heavy (non-hydrogen) atoms. The van der Waals surface area contributed by atoms with Crippen LogP contribution in [0.3, 0.4) is 0 Å². The maximum absolute atomic E-state index is 11.8. The highest BCUT2D eigenvalue weighted by molar-refractivity contribution is 5.85. The summed E-state index contributed by atoms with van der Waals surface area (Å²) in [5.41, 5.74) is 1.98. The topological polar surface area (TPSA) is 59.0 Å². The average Bonchev–Trinajstić information content (AvgIpc) is 2.58. The molecule has 0 radical (unpaired) electrons. The Morgan fingerprint density at radius 2 is 2.26 bits per heavy atom. The Morgan fingerprint density at radius 1 is 1.53 bits per heavy atom. The number of hydrogen-bond acceptors (Lipinski definition) is 3. The maximum atomic E-state index is 11.8. The molecule has 110 valence electrons. The second kappa shape index (κ2) is 8.40. The van der Waals surface area contributed by atoms with Gasteiger partial charge in [-0.05, 0) is 39.3 Å². The summed E-state index contributed by atoms with van der Waals surface area (Å²) in [6.07, 6.45) is 2.20. The predicted molar refractivity (Wildman–Crippen MR) is 80.2 cm³/mol. The first-order valence-electron chi connectivity index (χ1n) is 6.16. The monoisotopic (exact) mass is 308 g/mol. The third kappa shape index (κ3) is 5.38. The Morgan fingerprint density at radius 3 is 2.79 bits per heavy atom. The number of piperidine rings is 1. The molecule has 1 aromatic rings. The van der Waals surface area contributed by atoms with Crippen LogP contribution in [-0.2, 0) is 11.3 Å². The van der Waals surface area contributed by atoms with E-state index in [1.807, 2.05) is 19.9 Å². The second-order valence-electron chi connectivity index (χ2n) is 4.70.